The highest BCUT2D eigenvalue weighted by Gasteiger charge is 2.14. The number of ether oxygens (including phenoxy) is 2. The van der Waals surface area contributed by atoms with Gasteiger partial charge in [-0.2, -0.15) is 10.5 Å². The Kier molecular flexibility index (Phi) is 7.62. The van der Waals surface area contributed by atoms with E-state index in [0.29, 0.717) is 33.8 Å². The van der Waals surface area contributed by atoms with Crippen molar-refractivity contribution >= 4 is 33.6 Å². The second-order valence-electron chi connectivity index (χ2n) is 5.70. The van der Waals surface area contributed by atoms with E-state index in [4.69, 9.17) is 14.7 Å². The largest absolute Gasteiger partial charge is 0.490 e. The number of halogens is 1. The molecule has 0 aliphatic heterocycles. The van der Waals surface area contributed by atoms with Gasteiger partial charge in [0.15, 0.2) is 18.1 Å². The van der Waals surface area contributed by atoms with Gasteiger partial charge in [0, 0.05) is 5.69 Å². The zero-order chi connectivity index (χ0) is 20.5. The highest BCUT2D eigenvalue weighted by atomic mass is 79.9. The Morgan fingerprint density at radius 2 is 1.93 bits per heavy atom. The Morgan fingerprint density at radius 1 is 1.21 bits per heavy atom. The van der Waals surface area contributed by atoms with Gasteiger partial charge < -0.3 is 14.8 Å². The van der Waals surface area contributed by atoms with E-state index in [2.05, 4.69) is 21.2 Å². The van der Waals surface area contributed by atoms with Crippen LogP contribution in [0.5, 0.6) is 11.5 Å². The highest BCUT2D eigenvalue weighted by Crippen LogP contribution is 2.37. The first-order valence-corrected chi connectivity index (χ1v) is 9.23. The summed E-state index contributed by atoms with van der Waals surface area (Å²) in [4.78, 5) is 12.4. The molecular weight excluding hydrogens is 422 g/mol. The van der Waals surface area contributed by atoms with Gasteiger partial charge >= 0.3 is 0 Å². The number of aryl methyl sites for hydroxylation is 1. The molecule has 0 aromatic heterocycles. The van der Waals surface area contributed by atoms with Gasteiger partial charge in [-0.25, -0.2) is 0 Å². The van der Waals surface area contributed by atoms with Crippen LogP contribution in [-0.4, -0.2) is 19.1 Å². The summed E-state index contributed by atoms with van der Waals surface area (Å²) < 4.78 is 11.5. The SMILES string of the molecule is CCOc1cc(/C=C(\C#N)C(=O)Nc2ccc(C)cc2)cc(Br)c1OCC#N. The summed E-state index contributed by atoms with van der Waals surface area (Å²) in [7, 11) is 0. The Balaban J connectivity index is 2.32. The quantitative estimate of drug-likeness (QED) is 0.502. The molecule has 0 bridgehead atoms. The summed E-state index contributed by atoms with van der Waals surface area (Å²) in [5.74, 6) is 0.294. The summed E-state index contributed by atoms with van der Waals surface area (Å²) in [5.41, 5.74) is 2.20. The van der Waals surface area contributed by atoms with Crippen LogP contribution < -0.4 is 14.8 Å². The Labute approximate surface area is 172 Å². The van der Waals surface area contributed by atoms with Crippen LogP contribution in [0.2, 0.25) is 0 Å². The first-order chi connectivity index (χ1) is 13.5. The maximum atomic E-state index is 12.4. The predicted molar refractivity (Wildman–Crippen MR) is 110 cm³/mol. The fraction of sp³-hybridized carbons (Fsp3) is 0.190. The van der Waals surface area contributed by atoms with E-state index < -0.39 is 5.91 Å². The molecule has 0 radical (unpaired) electrons. The molecule has 0 heterocycles. The van der Waals surface area contributed by atoms with Gasteiger partial charge in [-0.05, 0) is 65.7 Å². The van der Waals surface area contributed by atoms with Crippen molar-refractivity contribution in [3.8, 4) is 23.6 Å². The van der Waals surface area contributed by atoms with E-state index in [-0.39, 0.29) is 12.2 Å². The van der Waals surface area contributed by atoms with Crippen molar-refractivity contribution in [2.24, 2.45) is 0 Å². The van der Waals surface area contributed by atoms with Crippen LogP contribution in [0.3, 0.4) is 0 Å². The number of anilines is 1. The first-order valence-electron chi connectivity index (χ1n) is 8.44. The molecule has 0 saturated heterocycles. The molecule has 6 nitrogen and oxygen atoms in total. The van der Waals surface area contributed by atoms with Gasteiger partial charge in [-0.15, -0.1) is 0 Å². The lowest BCUT2D eigenvalue weighted by Gasteiger charge is -2.13. The topological polar surface area (TPSA) is 95.1 Å². The number of benzene rings is 2. The Hall–Kier alpha value is -3.29. The maximum Gasteiger partial charge on any atom is 0.266 e. The lowest BCUT2D eigenvalue weighted by atomic mass is 10.1. The average Bonchev–Trinajstić information content (AvgIpc) is 2.67. The van der Waals surface area contributed by atoms with Gasteiger partial charge in [0.05, 0.1) is 11.1 Å². The fourth-order valence-corrected chi connectivity index (χ4v) is 2.90. The third kappa shape index (κ3) is 5.60. The van der Waals surface area contributed by atoms with Crippen molar-refractivity contribution in [3.05, 3.63) is 57.6 Å². The maximum absolute atomic E-state index is 12.4. The number of hydrogen-bond donors (Lipinski definition) is 1. The molecule has 142 valence electrons. The second-order valence-corrected chi connectivity index (χ2v) is 6.55. The van der Waals surface area contributed by atoms with Gasteiger partial charge in [0.25, 0.3) is 5.91 Å². The van der Waals surface area contributed by atoms with Crippen molar-refractivity contribution < 1.29 is 14.3 Å². The minimum absolute atomic E-state index is 0.0550. The molecule has 1 amide bonds. The summed E-state index contributed by atoms with van der Waals surface area (Å²) in [6.07, 6.45) is 1.46. The molecule has 0 aliphatic rings. The van der Waals surface area contributed by atoms with Crippen LogP contribution in [-0.2, 0) is 4.79 Å². The molecule has 0 atom stereocenters. The first kappa shape index (κ1) is 21.0. The predicted octanol–water partition coefficient (Wildman–Crippen LogP) is 4.60. The molecule has 2 aromatic rings. The van der Waals surface area contributed by atoms with E-state index >= 15 is 0 Å². The van der Waals surface area contributed by atoms with Crippen molar-refractivity contribution in [2.75, 3.05) is 18.5 Å². The highest BCUT2D eigenvalue weighted by molar-refractivity contribution is 9.10. The van der Waals surface area contributed by atoms with Crippen LogP contribution >= 0.6 is 15.9 Å². The van der Waals surface area contributed by atoms with Crippen molar-refractivity contribution in [2.45, 2.75) is 13.8 Å². The monoisotopic (exact) mass is 439 g/mol. The fourth-order valence-electron chi connectivity index (χ4n) is 2.33. The number of carbonyl (C=O) groups is 1. The van der Waals surface area contributed by atoms with Crippen molar-refractivity contribution in [1.29, 1.82) is 10.5 Å². The summed E-state index contributed by atoms with van der Waals surface area (Å²) in [5, 5.41) is 20.8. The number of nitriles is 2. The van der Waals surface area contributed by atoms with Crippen LogP contribution in [0.15, 0.2) is 46.4 Å². The second kappa shape index (κ2) is 10.1. The van der Waals surface area contributed by atoms with Gasteiger partial charge in [0.1, 0.15) is 17.7 Å². The van der Waals surface area contributed by atoms with Crippen LogP contribution in [0.25, 0.3) is 6.08 Å². The Bertz CT molecular complexity index is 970. The minimum Gasteiger partial charge on any atom is -0.490 e. The number of carbonyl (C=O) groups excluding carboxylic acids is 1. The third-order valence-corrected chi connectivity index (χ3v) is 4.19. The smallest absolute Gasteiger partial charge is 0.266 e. The lowest BCUT2D eigenvalue weighted by molar-refractivity contribution is -0.112. The van der Waals surface area contributed by atoms with Crippen LogP contribution in [0.4, 0.5) is 5.69 Å². The molecule has 0 spiro atoms. The molecule has 0 saturated carbocycles. The molecular formula is C21H18BrN3O3. The number of nitrogens with one attached hydrogen (secondary N) is 1. The number of rotatable bonds is 7. The van der Waals surface area contributed by atoms with E-state index in [1.807, 2.05) is 38.1 Å². The molecule has 1 N–H and O–H groups in total. The van der Waals surface area contributed by atoms with Crippen LogP contribution in [0.1, 0.15) is 18.1 Å². The van der Waals surface area contributed by atoms with Gasteiger partial charge in [-0.1, -0.05) is 17.7 Å². The lowest BCUT2D eigenvalue weighted by Crippen LogP contribution is -2.13. The van der Waals surface area contributed by atoms with Gasteiger partial charge in [0.2, 0.25) is 0 Å². The molecule has 28 heavy (non-hydrogen) atoms. The van der Waals surface area contributed by atoms with E-state index in [9.17, 15) is 10.1 Å². The van der Waals surface area contributed by atoms with Gasteiger partial charge in [-0.3, -0.25) is 4.79 Å². The molecule has 2 aromatic carbocycles. The number of amides is 1. The van der Waals surface area contributed by atoms with E-state index in [0.717, 1.165) is 5.56 Å². The van der Waals surface area contributed by atoms with E-state index in [1.54, 1.807) is 24.3 Å². The normalized spacial score (nSPS) is 10.5. The molecule has 0 fully saturated rings. The van der Waals surface area contributed by atoms with Crippen molar-refractivity contribution in [1.82, 2.24) is 0 Å². The molecule has 7 heteroatoms. The average molecular weight is 440 g/mol. The Morgan fingerprint density at radius 3 is 2.54 bits per heavy atom. The molecule has 2 rings (SSSR count). The standard InChI is InChI=1S/C21H18BrN3O3/c1-3-27-19-12-15(11-18(22)20(19)28-9-8-23)10-16(13-24)21(26)25-17-6-4-14(2)5-7-17/h4-7,10-12H,3,9H2,1-2H3,(H,25,26)/b16-10+. The molecule has 0 unspecified atom stereocenters. The van der Waals surface area contributed by atoms with Crippen LogP contribution in [0, 0.1) is 29.6 Å². The zero-order valence-electron chi connectivity index (χ0n) is 15.5. The van der Waals surface area contributed by atoms with E-state index in [1.165, 1.54) is 6.08 Å². The third-order valence-electron chi connectivity index (χ3n) is 3.60. The summed E-state index contributed by atoms with van der Waals surface area (Å²) in [6, 6.07) is 14.4. The summed E-state index contributed by atoms with van der Waals surface area (Å²) in [6.45, 7) is 4.03. The minimum atomic E-state index is -0.509. The number of hydrogen-bond acceptors (Lipinski definition) is 5. The zero-order valence-corrected chi connectivity index (χ0v) is 17.0. The van der Waals surface area contributed by atoms with Crippen molar-refractivity contribution in [3.63, 3.8) is 0 Å². The summed E-state index contributed by atoms with van der Waals surface area (Å²) >= 11 is 3.38. The number of nitrogens with zero attached hydrogens (tertiary/aromatic N) is 2. The molecule has 0 aliphatic carbocycles.